The van der Waals surface area contributed by atoms with Crippen LogP contribution in [-0.4, -0.2) is 37.5 Å². The number of rotatable bonds is 0. The Kier molecular flexibility index (Phi) is 1.36. The third-order valence-electron chi connectivity index (χ3n) is 1.04. The summed E-state index contributed by atoms with van der Waals surface area (Å²) in [6.45, 7) is 0.0417. The normalized spacial score (nSPS) is 38.4. The number of carbonyl (C=O) groups is 1. The molecule has 1 aliphatic heterocycles. The third-order valence-corrected chi connectivity index (χ3v) is 1.04. The molecule has 8 heavy (non-hydrogen) atoms. The van der Waals surface area contributed by atoms with Crippen LogP contribution in [-0.2, 0) is 9.53 Å². The van der Waals surface area contributed by atoms with E-state index in [1.807, 2.05) is 0 Å². The third kappa shape index (κ3) is 0.765. The lowest BCUT2D eigenvalue weighted by molar-refractivity contribution is -0.124. The van der Waals surface area contributed by atoms with Crippen LogP contribution in [0.5, 0.6) is 0 Å². The Morgan fingerprint density at radius 1 is 1.88 bits per heavy atom. The van der Waals surface area contributed by atoms with Crippen molar-refractivity contribution in [2.45, 2.75) is 12.1 Å². The van der Waals surface area contributed by atoms with Crippen molar-refractivity contribution in [1.82, 2.24) is 0 Å². The summed E-state index contributed by atoms with van der Waals surface area (Å²) in [5, 5.41) is 8.61. The number of carbonyl (C=O) groups excluding carboxylic acids is 1. The number of Topliss-reactive ketones (excluding diaryl/α,β-unsaturated/α-hetero) is 1. The Balaban J connectivity index is 2.57. The molecular formula is C4H5BO3. The number of aliphatic hydroxyl groups is 1. The van der Waals surface area contributed by atoms with Gasteiger partial charge in [-0.15, -0.1) is 0 Å². The van der Waals surface area contributed by atoms with Crippen molar-refractivity contribution >= 4 is 13.6 Å². The highest BCUT2D eigenvalue weighted by Crippen LogP contribution is 2.04. The predicted octanol–water partition coefficient (Wildman–Crippen LogP) is -1.56. The minimum atomic E-state index is -0.995. The molecule has 42 valence electrons. The minimum Gasteiger partial charge on any atom is -0.383 e. The summed E-state index contributed by atoms with van der Waals surface area (Å²) >= 11 is 0. The number of aliphatic hydroxyl groups excluding tert-OH is 1. The van der Waals surface area contributed by atoms with E-state index >= 15 is 0 Å². The molecule has 1 rings (SSSR count). The Hall–Kier alpha value is -0.345. The second-order valence-corrected chi connectivity index (χ2v) is 1.67. The molecule has 0 unspecified atom stereocenters. The summed E-state index contributed by atoms with van der Waals surface area (Å²) in [4.78, 5) is 10.4. The molecule has 4 heteroatoms. The first-order valence-corrected chi connectivity index (χ1v) is 2.31. The smallest absolute Gasteiger partial charge is 0.182 e. The van der Waals surface area contributed by atoms with Gasteiger partial charge < -0.3 is 9.84 Å². The van der Waals surface area contributed by atoms with Gasteiger partial charge in [-0.25, -0.2) is 0 Å². The second kappa shape index (κ2) is 1.87. The van der Waals surface area contributed by atoms with Crippen molar-refractivity contribution in [2.24, 2.45) is 0 Å². The van der Waals surface area contributed by atoms with Crippen molar-refractivity contribution in [3.05, 3.63) is 0 Å². The highest BCUT2D eigenvalue weighted by Gasteiger charge is 2.29. The van der Waals surface area contributed by atoms with Crippen LogP contribution >= 0.6 is 0 Å². The van der Waals surface area contributed by atoms with Crippen LogP contribution in [0.1, 0.15) is 0 Å². The van der Waals surface area contributed by atoms with Gasteiger partial charge in [0.1, 0.15) is 14.0 Å². The van der Waals surface area contributed by atoms with Gasteiger partial charge in [-0.2, -0.15) is 0 Å². The molecule has 0 aromatic carbocycles. The summed E-state index contributed by atoms with van der Waals surface area (Å²) < 4.78 is 4.56. The molecule has 1 fully saturated rings. The maximum absolute atomic E-state index is 10.4. The van der Waals surface area contributed by atoms with Crippen molar-refractivity contribution < 1.29 is 14.6 Å². The van der Waals surface area contributed by atoms with Gasteiger partial charge in [0.25, 0.3) is 0 Å². The van der Waals surface area contributed by atoms with E-state index in [0.29, 0.717) is 0 Å². The molecule has 0 aromatic heterocycles. The topological polar surface area (TPSA) is 46.5 Å². The number of hydrogen-bond donors (Lipinski definition) is 1. The van der Waals surface area contributed by atoms with Gasteiger partial charge in [0.05, 0.1) is 12.6 Å². The average molecular weight is 112 g/mol. The molecule has 0 spiro atoms. The number of ketones is 1. The molecule has 1 aliphatic rings. The zero-order chi connectivity index (χ0) is 6.15. The zero-order valence-corrected chi connectivity index (χ0v) is 4.20. The Morgan fingerprint density at radius 2 is 2.50 bits per heavy atom. The number of hydrogen-bond acceptors (Lipinski definition) is 3. The summed E-state index contributed by atoms with van der Waals surface area (Å²) in [5.41, 5.74) is 0. The quantitative estimate of drug-likeness (QED) is 0.385. The summed E-state index contributed by atoms with van der Waals surface area (Å²) in [5.74, 6) is -0.426. The van der Waals surface area contributed by atoms with Crippen LogP contribution in [0.2, 0.25) is 0 Å². The monoisotopic (exact) mass is 112 g/mol. The Bertz CT molecular complexity index is 102. The fourth-order valence-corrected chi connectivity index (χ4v) is 0.549. The maximum atomic E-state index is 10.4. The SMILES string of the molecule is [B][C@@H]1OC[C@@H](O)C1=O. The van der Waals surface area contributed by atoms with Crippen LogP contribution in [0.25, 0.3) is 0 Å². The zero-order valence-electron chi connectivity index (χ0n) is 4.20. The first-order chi connectivity index (χ1) is 3.72. The average Bonchev–Trinajstić information content (AvgIpc) is 1.98. The maximum Gasteiger partial charge on any atom is 0.182 e. The summed E-state index contributed by atoms with van der Waals surface area (Å²) in [6.07, 6.45) is -0.995. The van der Waals surface area contributed by atoms with Crippen LogP contribution in [0.15, 0.2) is 0 Å². The number of ether oxygens (including phenoxy) is 1. The minimum absolute atomic E-state index is 0.0417. The van der Waals surface area contributed by atoms with Crippen LogP contribution in [0.3, 0.4) is 0 Å². The van der Waals surface area contributed by atoms with Crippen LogP contribution in [0.4, 0.5) is 0 Å². The van der Waals surface area contributed by atoms with Crippen LogP contribution in [0, 0.1) is 0 Å². The lowest BCUT2D eigenvalue weighted by atomic mass is 9.95. The lowest BCUT2D eigenvalue weighted by Gasteiger charge is -1.94. The van der Waals surface area contributed by atoms with Gasteiger partial charge in [-0.3, -0.25) is 4.79 Å². The van der Waals surface area contributed by atoms with Gasteiger partial charge in [0, 0.05) is 0 Å². The molecule has 0 amide bonds. The highest BCUT2D eigenvalue weighted by molar-refractivity contribution is 6.24. The molecular weight excluding hydrogens is 107 g/mol. The van der Waals surface area contributed by atoms with Crippen molar-refractivity contribution in [3.63, 3.8) is 0 Å². The van der Waals surface area contributed by atoms with E-state index < -0.39 is 17.9 Å². The van der Waals surface area contributed by atoms with E-state index in [9.17, 15) is 4.79 Å². The van der Waals surface area contributed by atoms with Gasteiger partial charge in [0.15, 0.2) is 5.78 Å². The van der Waals surface area contributed by atoms with E-state index in [1.165, 1.54) is 0 Å². The molecule has 2 radical (unpaired) electrons. The standard InChI is InChI=1S/C4H5BO3/c5-4-3(7)2(6)1-8-4/h2,4,6H,1H2/t2-,4-/m1/s1. The van der Waals surface area contributed by atoms with E-state index in [4.69, 9.17) is 13.0 Å². The molecule has 0 aliphatic carbocycles. The summed E-state index contributed by atoms with van der Waals surface area (Å²) in [6, 6.07) is -0.898. The molecule has 0 aromatic rings. The van der Waals surface area contributed by atoms with E-state index in [0.717, 1.165) is 0 Å². The molecule has 3 nitrogen and oxygen atoms in total. The summed E-state index contributed by atoms with van der Waals surface area (Å²) in [7, 11) is 5.04. The first kappa shape index (κ1) is 5.79. The second-order valence-electron chi connectivity index (χ2n) is 1.67. The van der Waals surface area contributed by atoms with Gasteiger partial charge in [-0.05, 0) is 0 Å². The fourth-order valence-electron chi connectivity index (χ4n) is 0.549. The van der Waals surface area contributed by atoms with Gasteiger partial charge in [-0.1, -0.05) is 0 Å². The largest absolute Gasteiger partial charge is 0.383 e. The van der Waals surface area contributed by atoms with Crippen LogP contribution < -0.4 is 0 Å². The van der Waals surface area contributed by atoms with Gasteiger partial charge >= 0.3 is 0 Å². The lowest BCUT2D eigenvalue weighted by Crippen LogP contribution is -2.23. The molecule has 0 saturated carbocycles. The van der Waals surface area contributed by atoms with Crippen molar-refractivity contribution in [3.8, 4) is 0 Å². The first-order valence-electron chi connectivity index (χ1n) is 2.31. The van der Waals surface area contributed by atoms with Crippen molar-refractivity contribution in [2.75, 3.05) is 6.61 Å². The molecule has 1 N–H and O–H groups in total. The van der Waals surface area contributed by atoms with Crippen molar-refractivity contribution in [1.29, 1.82) is 0 Å². The van der Waals surface area contributed by atoms with E-state index in [-0.39, 0.29) is 6.61 Å². The van der Waals surface area contributed by atoms with E-state index in [1.54, 1.807) is 0 Å². The Labute approximate surface area is 48.0 Å². The Morgan fingerprint density at radius 3 is 2.62 bits per heavy atom. The fraction of sp³-hybridized carbons (Fsp3) is 0.750. The molecule has 0 bridgehead atoms. The van der Waals surface area contributed by atoms with E-state index in [2.05, 4.69) is 4.74 Å². The predicted molar refractivity (Wildman–Crippen MR) is 26.5 cm³/mol. The van der Waals surface area contributed by atoms with Gasteiger partial charge in [0.2, 0.25) is 0 Å². The molecule has 1 saturated heterocycles. The molecule has 1 heterocycles. The highest BCUT2D eigenvalue weighted by atomic mass is 16.5. The molecule has 2 atom stereocenters.